The first-order valence-corrected chi connectivity index (χ1v) is 9.39. The molecule has 7 heteroatoms. The molecule has 1 aliphatic rings. The van der Waals surface area contributed by atoms with E-state index in [-0.39, 0.29) is 0 Å². The molecular weight excluding hydrogens is 358 g/mol. The van der Waals surface area contributed by atoms with Crippen LogP contribution in [-0.4, -0.2) is 39.9 Å². The highest BCUT2D eigenvalue weighted by Gasteiger charge is 2.11. The lowest BCUT2D eigenvalue weighted by molar-refractivity contribution is 0.297. The summed E-state index contributed by atoms with van der Waals surface area (Å²) in [6.45, 7) is 4.57. The Labute approximate surface area is 165 Å². The second-order valence-corrected chi connectivity index (χ2v) is 6.21. The molecule has 0 unspecified atom stereocenters. The van der Waals surface area contributed by atoms with Gasteiger partial charge in [-0.25, -0.2) is 4.99 Å². The Morgan fingerprint density at radius 3 is 2.61 bits per heavy atom. The van der Waals surface area contributed by atoms with Gasteiger partial charge in [0.1, 0.15) is 11.5 Å². The summed E-state index contributed by atoms with van der Waals surface area (Å²) in [7, 11) is 3.28. The molecule has 150 valence electrons. The number of hydrogen-bond acceptors (Lipinski definition) is 5. The number of hydrogen-bond donors (Lipinski definition) is 2. The monoisotopic (exact) mass is 385 g/mol. The number of anilines is 1. The van der Waals surface area contributed by atoms with E-state index in [2.05, 4.69) is 15.6 Å². The molecule has 0 amide bonds. The minimum atomic E-state index is 0.465. The Bertz CT molecular complexity index is 823. The zero-order valence-electron chi connectivity index (χ0n) is 16.6. The van der Waals surface area contributed by atoms with Crippen molar-refractivity contribution < 1.29 is 18.9 Å². The predicted octanol–water partition coefficient (Wildman–Crippen LogP) is 3.44. The number of guanidine groups is 1. The van der Waals surface area contributed by atoms with Gasteiger partial charge in [-0.1, -0.05) is 0 Å². The number of nitrogens with zero attached hydrogens (tertiary/aromatic N) is 1. The SMILES string of the molecule is CCNC(=NCc1ccc(OC)cc1OC)Nc1ccc2c(c1)OCCCO2. The minimum absolute atomic E-state index is 0.465. The molecule has 0 fully saturated rings. The summed E-state index contributed by atoms with van der Waals surface area (Å²) in [6.07, 6.45) is 0.880. The van der Waals surface area contributed by atoms with Gasteiger partial charge in [-0.15, -0.1) is 0 Å². The Morgan fingerprint density at radius 2 is 1.86 bits per heavy atom. The molecular formula is C21H27N3O4. The fourth-order valence-electron chi connectivity index (χ4n) is 2.83. The Hall–Kier alpha value is -3.09. The van der Waals surface area contributed by atoms with Crippen molar-refractivity contribution in [2.75, 3.05) is 39.3 Å². The highest BCUT2D eigenvalue weighted by Crippen LogP contribution is 2.32. The standard InChI is InChI=1S/C21H27N3O4/c1-4-22-21(23-14-15-6-8-17(25-2)13-19(15)26-3)24-16-7-9-18-20(12-16)28-11-5-10-27-18/h6-9,12-13H,4-5,10-11,14H2,1-3H3,(H2,22,23,24). The summed E-state index contributed by atoms with van der Waals surface area (Å²) in [6, 6.07) is 11.5. The van der Waals surface area contributed by atoms with E-state index >= 15 is 0 Å². The van der Waals surface area contributed by atoms with E-state index in [9.17, 15) is 0 Å². The van der Waals surface area contributed by atoms with Gasteiger partial charge >= 0.3 is 0 Å². The Balaban J connectivity index is 1.75. The molecule has 0 saturated heterocycles. The largest absolute Gasteiger partial charge is 0.497 e. The lowest BCUT2D eigenvalue weighted by Gasteiger charge is -2.14. The van der Waals surface area contributed by atoms with Crippen LogP contribution in [0, 0.1) is 0 Å². The average Bonchev–Trinajstić information content (AvgIpc) is 2.97. The van der Waals surface area contributed by atoms with Crippen LogP contribution < -0.4 is 29.6 Å². The Kier molecular flexibility index (Phi) is 6.84. The van der Waals surface area contributed by atoms with Gasteiger partial charge in [-0.3, -0.25) is 0 Å². The van der Waals surface area contributed by atoms with E-state index in [1.165, 1.54) is 0 Å². The van der Waals surface area contributed by atoms with Crippen LogP contribution in [0.15, 0.2) is 41.4 Å². The smallest absolute Gasteiger partial charge is 0.196 e. The summed E-state index contributed by atoms with van der Waals surface area (Å²) in [5, 5.41) is 6.57. The molecule has 0 spiro atoms. The fraction of sp³-hybridized carbons (Fsp3) is 0.381. The van der Waals surface area contributed by atoms with Crippen molar-refractivity contribution in [2.24, 2.45) is 4.99 Å². The maximum atomic E-state index is 5.76. The Morgan fingerprint density at radius 1 is 1.04 bits per heavy atom. The van der Waals surface area contributed by atoms with Crippen LogP contribution in [-0.2, 0) is 6.54 Å². The van der Waals surface area contributed by atoms with E-state index in [4.69, 9.17) is 18.9 Å². The predicted molar refractivity (Wildman–Crippen MR) is 110 cm³/mol. The molecule has 0 aliphatic carbocycles. The van der Waals surface area contributed by atoms with Crippen molar-refractivity contribution in [3.8, 4) is 23.0 Å². The third kappa shape index (κ3) is 5.00. The van der Waals surface area contributed by atoms with Gasteiger partial charge in [0.05, 0.1) is 34.0 Å². The van der Waals surface area contributed by atoms with Crippen LogP contribution in [0.4, 0.5) is 5.69 Å². The van der Waals surface area contributed by atoms with Gasteiger partial charge in [-0.05, 0) is 31.2 Å². The third-order valence-electron chi connectivity index (χ3n) is 4.26. The van der Waals surface area contributed by atoms with E-state index in [0.717, 1.165) is 47.2 Å². The van der Waals surface area contributed by atoms with Crippen LogP contribution in [0.3, 0.4) is 0 Å². The molecule has 2 aromatic carbocycles. The van der Waals surface area contributed by atoms with Gasteiger partial charge in [0.25, 0.3) is 0 Å². The summed E-state index contributed by atoms with van der Waals surface area (Å²) >= 11 is 0. The number of nitrogens with one attached hydrogen (secondary N) is 2. The highest BCUT2D eigenvalue weighted by molar-refractivity contribution is 5.93. The molecule has 0 bridgehead atoms. The van der Waals surface area contributed by atoms with Gasteiger partial charge in [0, 0.05) is 36.3 Å². The van der Waals surface area contributed by atoms with Crippen molar-refractivity contribution in [2.45, 2.75) is 19.9 Å². The van der Waals surface area contributed by atoms with Gasteiger partial charge in [0.2, 0.25) is 0 Å². The number of ether oxygens (including phenoxy) is 4. The molecule has 3 rings (SSSR count). The fourth-order valence-corrected chi connectivity index (χ4v) is 2.83. The third-order valence-corrected chi connectivity index (χ3v) is 4.26. The molecule has 0 radical (unpaired) electrons. The number of aliphatic imine (C=N–C) groups is 1. The first-order valence-electron chi connectivity index (χ1n) is 9.39. The molecule has 28 heavy (non-hydrogen) atoms. The lowest BCUT2D eigenvalue weighted by atomic mass is 10.2. The van der Waals surface area contributed by atoms with Crippen LogP contribution in [0.2, 0.25) is 0 Å². The summed E-state index contributed by atoms with van der Waals surface area (Å²) in [4.78, 5) is 4.68. The lowest BCUT2D eigenvalue weighted by Crippen LogP contribution is -2.30. The van der Waals surface area contributed by atoms with Crippen LogP contribution in [0.25, 0.3) is 0 Å². The molecule has 1 aliphatic heterocycles. The summed E-state index contributed by atoms with van der Waals surface area (Å²) in [5.41, 5.74) is 1.85. The number of methoxy groups -OCH3 is 2. The van der Waals surface area contributed by atoms with Crippen molar-refractivity contribution in [1.82, 2.24) is 5.32 Å². The van der Waals surface area contributed by atoms with Crippen molar-refractivity contribution in [3.63, 3.8) is 0 Å². The molecule has 0 atom stereocenters. The van der Waals surface area contributed by atoms with Crippen molar-refractivity contribution in [1.29, 1.82) is 0 Å². The molecule has 2 aromatic rings. The summed E-state index contributed by atoms with van der Waals surface area (Å²) in [5.74, 6) is 3.69. The molecule has 0 saturated carbocycles. The molecule has 2 N–H and O–H groups in total. The van der Waals surface area contributed by atoms with E-state index < -0.39 is 0 Å². The maximum Gasteiger partial charge on any atom is 0.196 e. The summed E-state index contributed by atoms with van der Waals surface area (Å²) < 4.78 is 22.1. The van der Waals surface area contributed by atoms with Crippen LogP contribution in [0.1, 0.15) is 18.9 Å². The van der Waals surface area contributed by atoms with Crippen molar-refractivity contribution >= 4 is 11.6 Å². The zero-order chi connectivity index (χ0) is 19.8. The quantitative estimate of drug-likeness (QED) is 0.586. The van der Waals surface area contributed by atoms with Crippen LogP contribution in [0.5, 0.6) is 23.0 Å². The average molecular weight is 385 g/mol. The molecule has 7 nitrogen and oxygen atoms in total. The number of fused-ring (bicyclic) bond motifs is 1. The number of rotatable bonds is 6. The normalized spacial score (nSPS) is 13.5. The van der Waals surface area contributed by atoms with Crippen molar-refractivity contribution in [3.05, 3.63) is 42.0 Å². The van der Waals surface area contributed by atoms with Gasteiger partial charge in [-0.2, -0.15) is 0 Å². The second kappa shape index (κ2) is 9.73. The van der Waals surface area contributed by atoms with E-state index in [1.54, 1.807) is 14.2 Å². The minimum Gasteiger partial charge on any atom is -0.497 e. The zero-order valence-corrected chi connectivity index (χ0v) is 16.6. The van der Waals surface area contributed by atoms with E-state index in [0.29, 0.717) is 25.7 Å². The van der Waals surface area contributed by atoms with E-state index in [1.807, 2.05) is 43.3 Å². The molecule has 1 heterocycles. The second-order valence-electron chi connectivity index (χ2n) is 6.21. The van der Waals surface area contributed by atoms with Gasteiger partial charge in [0.15, 0.2) is 17.5 Å². The maximum absolute atomic E-state index is 5.76. The van der Waals surface area contributed by atoms with Gasteiger partial charge < -0.3 is 29.6 Å². The molecule has 0 aromatic heterocycles. The highest BCUT2D eigenvalue weighted by atomic mass is 16.5. The first kappa shape index (κ1) is 19.7. The topological polar surface area (TPSA) is 73.3 Å². The van der Waals surface area contributed by atoms with Crippen LogP contribution >= 0.6 is 0 Å². The first-order chi connectivity index (χ1) is 13.7. The number of benzene rings is 2.